The van der Waals surface area contributed by atoms with Crippen molar-refractivity contribution >= 4 is 0 Å². The van der Waals surface area contributed by atoms with E-state index >= 15 is 0 Å². The third-order valence-electron chi connectivity index (χ3n) is 4.87. The third-order valence-corrected chi connectivity index (χ3v) is 4.87. The van der Waals surface area contributed by atoms with E-state index < -0.39 is 11.6 Å². The molecule has 0 aliphatic carbocycles. The monoisotopic (exact) mass is 402 g/mol. The van der Waals surface area contributed by atoms with Gasteiger partial charge in [0.15, 0.2) is 0 Å². The summed E-state index contributed by atoms with van der Waals surface area (Å²) in [5, 5.41) is 0. The molecule has 0 bridgehead atoms. The van der Waals surface area contributed by atoms with Crippen molar-refractivity contribution in [1.29, 1.82) is 0 Å². The van der Waals surface area contributed by atoms with E-state index in [9.17, 15) is 0 Å². The van der Waals surface area contributed by atoms with E-state index in [4.69, 9.17) is 18.9 Å². The number of allylic oxidation sites excluding steroid dienone is 2. The lowest BCUT2D eigenvalue weighted by atomic mass is 9.87. The van der Waals surface area contributed by atoms with Gasteiger partial charge in [0, 0.05) is 26.9 Å². The second-order valence-corrected chi connectivity index (χ2v) is 6.99. The quantitative estimate of drug-likeness (QED) is 0.146. The molecule has 0 amide bonds. The predicted molar refractivity (Wildman–Crippen MR) is 121 cm³/mol. The highest BCUT2D eigenvalue weighted by Gasteiger charge is 2.55. The first-order valence-electron chi connectivity index (χ1n) is 11.6. The molecular weight excluding hydrogens is 352 g/mol. The molecule has 0 saturated carbocycles. The topological polar surface area (TPSA) is 36.9 Å². The minimum atomic E-state index is -1.11. The molecule has 4 nitrogen and oxygen atoms in total. The van der Waals surface area contributed by atoms with Gasteiger partial charge >= 0.3 is 5.97 Å². The van der Waals surface area contributed by atoms with Crippen LogP contribution in [0.4, 0.5) is 0 Å². The highest BCUT2D eigenvalue weighted by Crippen LogP contribution is 2.40. The first-order chi connectivity index (χ1) is 13.5. The zero-order valence-corrected chi connectivity index (χ0v) is 20.3. The van der Waals surface area contributed by atoms with Crippen LogP contribution in [0.5, 0.6) is 0 Å². The average molecular weight is 403 g/mol. The second-order valence-electron chi connectivity index (χ2n) is 6.99. The number of rotatable bonds is 17. The van der Waals surface area contributed by atoms with Gasteiger partial charge in [-0.25, -0.2) is 0 Å². The van der Waals surface area contributed by atoms with Crippen LogP contribution >= 0.6 is 0 Å². The summed E-state index contributed by atoms with van der Waals surface area (Å²) in [5.74, 6) is -1.11. The Morgan fingerprint density at radius 3 is 1.43 bits per heavy atom. The predicted octanol–water partition coefficient (Wildman–Crippen LogP) is 7.27. The van der Waals surface area contributed by atoms with Crippen LogP contribution in [0.25, 0.3) is 0 Å². The fourth-order valence-corrected chi connectivity index (χ4v) is 3.44. The summed E-state index contributed by atoms with van der Waals surface area (Å²) < 4.78 is 24.2. The van der Waals surface area contributed by atoms with Crippen LogP contribution in [-0.4, -0.2) is 38.5 Å². The fraction of sp³-hybridized carbons (Fsp3) is 0.917. The molecule has 0 spiro atoms. The normalized spacial score (nSPS) is 14.0. The van der Waals surface area contributed by atoms with Gasteiger partial charge in [-0.2, -0.15) is 0 Å². The van der Waals surface area contributed by atoms with Gasteiger partial charge < -0.3 is 18.9 Å². The third kappa shape index (κ3) is 10.9. The van der Waals surface area contributed by atoms with Crippen LogP contribution in [0, 0.1) is 0 Å². The summed E-state index contributed by atoms with van der Waals surface area (Å²) in [4.78, 5) is 0. The van der Waals surface area contributed by atoms with Gasteiger partial charge in [0.05, 0.1) is 0 Å². The lowest BCUT2D eigenvalue weighted by Crippen LogP contribution is -2.60. The fourth-order valence-electron chi connectivity index (χ4n) is 3.44. The summed E-state index contributed by atoms with van der Waals surface area (Å²) >= 11 is 0. The number of hydrogen-bond acceptors (Lipinski definition) is 4. The molecule has 1 atom stereocenters. The van der Waals surface area contributed by atoms with Gasteiger partial charge in [-0.15, -0.1) is 0 Å². The van der Waals surface area contributed by atoms with E-state index in [0.717, 1.165) is 25.7 Å². The molecule has 0 N–H and O–H groups in total. The van der Waals surface area contributed by atoms with Crippen LogP contribution in [0.2, 0.25) is 0 Å². The lowest BCUT2D eigenvalue weighted by molar-refractivity contribution is -0.444. The Labute approximate surface area is 176 Å². The van der Waals surface area contributed by atoms with Crippen molar-refractivity contribution in [3.05, 3.63) is 12.2 Å². The minimum Gasteiger partial charge on any atom is -0.370 e. The molecule has 0 aliphatic heterocycles. The van der Waals surface area contributed by atoms with Crippen molar-refractivity contribution in [1.82, 2.24) is 0 Å². The summed E-state index contributed by atoms with van der Waals surface area (Å²) in [7, 11) is 1.76. The number of unbranched alkanes of at least 4 members (excludes halogenated alkanes) is 5. The van der Waals surface area contributed by atoms with Gasteiger partial charge in [-0.05, 0) is 47.5 Å². The maximum Gasteiger partial charge on any atom is 0.313 e. The Kier molecular flexibility index (Phi) is 21.1. The van der Waals surface area contributed by atoms with Crippen LogP contribution in [-0.2, 0) is 18.9 Å². The van der Waals surface area contributed by atoms with Crippen LogP contribution < -0.4 is 0 Å². The van der Waals surface area contributed by atoms with E-state index in [-0.39, 0.29) is 0 Å². The highest BCUT2D eigenvalue weighted by molar-refractivity contribution is 4.91. The van der Waals surface area contributed by atoms with E-state index in [0.29, 0.717) is 19.8 Å². The van der Waals surface area contributed by atoms with Crippen LogP contribution in [0.1, 0.15) is 106 Å². The molecule has 0 saturated heterocycles. The SMILES string of the molecule is CC=CC.CCCCCCCCC(CCC)(OC)C(OCC)(OCC)OCC. The Balaban J connectivity index is 0. The summed E-state index contributed by atoms with van der Waals surface area (Å²) in [6.07, 6.45) is 14.3. The van der Waals surface area contributed by atoms with Gasteiger partial charge in [-0.3, -0.25) is 0 Å². The molecule has 1 unspecified atom stereocenters. The Morgan fingerprint density at radius 2 is 1.07 bits per heavy atom. The molecule has 0 fully saturated rings. The zero-order chi connectivity index (χ0) is 21.7. The van der Waals surface area contributed by atoms with Crippen molar-refractivity contribution in [2.75, 3.05) is 26.9 Å². The molecule has 0 rings (SSSR count). The van der Waals surface area contributed by atoms with Gasteiger partial charge in [0.1, 0.15) is 5.60 Å². The molecule has 0 heterocycles. The maximum atomic E-state index is 6.05. The van der Waals surface area contributed by atoms with Gasteiger partial charge in [0.2, 0.25) is 0 Å². The van der Waals surface area contributed by atoms with Crippen LogP contribution in [0.15, 0.2) is 12.2 Å². The number of ether oxygens (including phenoxy) is 4. The number of hydrogen-bond donors (Lipinski definition) is 0. The average Bonchev–Trinajstić information content (AvgIpc) is 2.70. The highest BCUT2D eigenvalue weighted by atomic mass is 16.9. The molecule has 0 aliphatic rings. The van der Waals surface area contributed by atoms with Crippen molar-refractivity contribution < 1.29 is 18.9 Å². The number of methoxy groups -OCH3 is 1. The van der Waals surface area contributed by atoms with E-state index in [2.05, 4.69) is 13.8 Å². The molecule has 170 valence electrons. The largest absolute Gasteiger partial charge is 0.370 e. The summed E-state index contributed by atoms with van der Waals surface area (Å²) in [5.41, 5.74) is -0.561. The van der Waals surface area contributed by atoms with Crippen LogP contribution in [0.3, 0.4) is 0 Å². The summed E-state index contributed by atoms with van der Waals surface area (Å²) in [6.45, 7) is 15.9. The smallest absolute Gasteiger partial charge is 0.313 e. The molecule has 0 radical (unpaired) electrons. The lowest BCUT2D eigenvalue weighted by Gasteiger charge is -2.47. The Hall–Kier alpha value is -0.420. The first-order valence-corrected chi connectivity index (χ1v) is 11.6. The molecular formula is C24H50O4. The van der Waals surface area contributed by atoms with E-state index in [1.807, 2.05) is 46.8 Å². The van der Waals surface area contributed by atoms with Crippen molar-refractivity contribution in [3.63, 3.8) is 0 Å². The molecule has 0 aromatic heterocycles. The molecule has 28 heavy (non-hydrogen) atoms. The van der Waals surface area contributed by atoms with Crippen molar-refractivity contribution in [2.24, 2.45) is 0 Å². The molecule has 0 aromatic rings. The second kappa shape index (κ2) is 19.9. The maximum absolute atomic E-state index is 6.05. The van der Waals surface area contributed by atoms with E-state index in [1.165, 1.54) is 32.1 Å². The zero-order valence-electron chi connectivity index (χ0n) is 20.3. The minimum absolute atomic E-state index is 0.533. The van der Waals surface area contributed by atoms with Crippen molar-refractivity contribution in [2.45, 2.75) is 118 Å². The Bertz CT molecular complexity index is 322. The Morgan fingerprint density at radius 1 is 0.607 bits per heavy atom. The first kappa shape index (κ1) is 29.8. The van der Waals surface area contributed by atoms with Crippen molar-refractivity contribution in [3.8, 4) is 0 Å². The van der Waals surface area contributed by atoms with Gasteiger partial charge in [0.25, 0.3) is 0 Å². The molecule has 4 heteroatoms. The van der Waals surface area contributed by atoms with Gasteiger partial charge in [-0.1, -0.05) is 70.9 Å². The van der Waals surface area contributed by atoms with E-state index in [1.54, 1.807) is 7.11 Å². The molecule has 0 aromatic carbocycles. The summed E-state index contributed by atoms with van der Waals surface area (Å²) in [6, 6.07) is 0. The standard InChI is InChI=1S/C20H42O4.C4H8/c1-7-12-13-14-15-16-18-19(21-6,17-8-2)20(22-9-3,23-10-4)24-11-5;1-3-4-2/h7-18H2,1-6H3;3-4H,1-2H3.